The van der Waals surface area contributed by atoms with Crippen LogP contribution in [0.1, 0.15) is 23.4 Å². The minimum Gasteiger partial charge on any atom is -0.353 e. The third kappa shape index (κ3) is 5.06. The molecule has 0 bridgehead atoms. The van der Waals surface area contributed by atoms with Crippen molar-refractivity contribution in [2.75, 3.05) is 20.6 Å². The largest absolute Gasteiger partial charge is 0.353 e. The lowest BCUT2D eigenvalue weighted by atomic mass is 9.88. The van der Waals surface area contributed by atoms with E-state index in [1.807, 2.05) is 7.05 Å². The number of fused-ring (bicyclic) bond motifs is 1. The molecular formula is C19H27N7O. The summed E-state index contributed by atoms with van der Waals surface area (Å²) in [6.45, 7) is 0.590. The number of aliphatic imine (C=N–C) groups is 1. The minimum atomic E-state index is -0.00264. The first-order chi connectivity index (χ1) is 13.0. The van der Waals surface area contributed by atoms with Crippen molar-refractivity contribution in [3.63, 3.8) is 0 Å². The molecule has 8 nitrogen and oxygen atoms in total. The van der Waals surface area contributed by atoms with Gasteiger partial charge in [-0.15, -0.1) is 0 Å². The number of rotatable bonds is 5. The van der Waals surface area contributed by atoms with Crippen LogP contribution in [-0.4, -0.2) is 58.2 Å². The summed E-state index contributed by atoms with van der Waals surface area (Å²) in [6.07, 6.45) is 4.53. The van der Waals surface area contributed by atoms with Gasteiger partial charge in [-0.3, -0.25) is 9.48 Å². The molecule has 1 aliphatic carbocycles. The fourth-order valence-corrected chi connectivity index (χ4v) is 3.10. The number of hydrogen-bond acceptors (Lipinski definition) is 4. The van der Waals surface area contributed by atoms with Gasteiger partial charge in [0.05, 0.1) is 6.54 Å². The van der Waals surface area contributed by atoms with E-state index in [2.05, 4.69) is 50.0 Å². The van der Waals surface area contributed by atoms with Gasteiger partial charge >= 0.3 is 0 Å². The molecule has 0 saturated heterocycles. The number of guanidine groups is 1. The maximum absolute atomic E-state index is 11.9. The summed E-state index contributed by atoms with van der Waals surface area (Å²) < 4.78 is 1.70. The van der Waals surface area contributed by atoms with E-state index < -0.39 is 0 Å². The zero-order valence-corrected chi connectivity index (χ0v) is 16.1. The van der Waals surface area contributed by atoms with Crippen LogP contribution in [0.5, 0.6) is 0 Å². The van der Waals surface area contributed by atoms with Crippen molar-refractivity contribution < 1.29 is 4.79 Å². The van der Waals surface area contributed by atoms with E-state index in [1.54, 1.807) is 23.7 Å². The first-order valence-corrected chi connectivity index (χ1v) is 9.17. The number of likely N-dealkylation sites (N-methyl/N-ethyl adjacent to an activating group) is 1. The van der Waals surface area contributed by atoms with Gasteiger partial charge in [0.2, 0.25) is 5.91 Å². The lowest BCUT2D eigenvalue weighted by Crippen LogP contribution is -2.48. The van der Waals surface area contributed by atoms with Crippen LogP contribution in [0.4, 0.5) is 0 Å². The Morgan fingerprint density at radius 2 is 2.11 bits per heavy atom. The molecule has 2 N–H and O–H groups in total. The highest BCUT2D eigenvalue weighted by molar-refractivity contribution is 5.86. The quantitative estimate of drug-likeness (QED) is 0.592. The Hall–Kier alpha value is -2.90. The molecule has 1 amide bonds. The van der Waals surface area contributed by atoms with E-state index in [0.29, 0.717) is 12.5 Å². The van der Waals surface area contributed by atoms with E-state index in [1.165, 1.54) is 17.5 Å². The molecule has 3 rings (SSSR count). The number of amides is 1. The van der Waals surface area contributed by atoms with Crippen molar-refractivity contribution in [1.82, 2.24) is 30.3 Å². The molecule has 0 aliphatic heterocycles. The van der Waals surface area contributed by atoms with Crippen LogP contribution in [0.25, 0.3) is 0 Å². The van der Waals surface area contributed by atoms with Crippen LogP contribution in [-0.2, 0) is 31.2 Å². The maximum atomic E-state index is 11.9. The van der Waals surface area contributed by atoms with Crippen molar-refractivity contribution in [2.24, 2.45) is 12.0 Å². The molecule has 0 radical (unpaired) electrons. The van der Waals surface area contributed by atoms with Gasteiger partial charge in [-0.05, 0) is 30.4 Å². The first-order valence-electron chi connectivity index (χ1n) is 9.17. The Bertz CT molecular complexity index is 812. The van der Waals surface area contributed by atoms with Crippen molar-refractivity contribution in [3.05, 3.63) is 47.5 Å². The summed E-state index contributed by atoms with van der Waals surface area (Å²) in [7, 11) is 5.32. The monoisotopic (exact) mass is 369 g/mol. The van der Waals surface area contributed by atoms with Crippen LogP contribution in [0.3, 0.4) is 0 Å². The van der Waals surface area contributed by atoms with E-state index in [4.69, 9.17) is 0 Å². The average molecular weight is 369 g/mol. The number of nitrogens with one attached hydrogen (secondary N) is 2. The van der Waals surface area contributed by atoms with E-state index in [9.17, 15) is 4.79 Å². The second-order valence-electron chi connectivity index (χ2n) is 6.96. The third-order valence-corrected chi connectivity index (χ3v) is 4.78. The van der Waals surface area contributed by atoms with Crippen molar-refractivity contribution in [3.8, 4) is 0 Å². The predicted molar refractivity (Wildman–Crippen MR) is 104 cm³/mol. The van der Waals surface area contributed by atoms with Gasteiger partial charge in [-0.2, -0.15) is 5.10 Å². The molecule has 1 aliphatic rings. The summed E-state index contributed by atoms with van der Waals surface area (Å²) in [6, 6.07) is 8.83. The van der Waals surface area contributed by atoms with Crippen LogP contribution < -0.4 is 10.6 Å². The van der Waals surface area contributed by atoms with Crippen LogP contribution >= 0.6 is 0 Å². The summed E-state index contributed by atoms with van der Waals surface area (Å²) in [5.74, 6) is 1.39. The number of nitrogens with zero attached hydrogens (tertiary/aromatic N) is 5. The second kappa shape index (κ2) is 8.66. The Balaban J connectivity index is 1.67. The SMILES string of the molecule is CN(C)C(=O)CNC(=NCc1ncnn1C)NC1CCc2ccccc2C1. The number of benzene rings is 1. The van der Waals surface area contributed by atoms with Crippen molar-refractivity contribution in [2.45, 2.75) is 31.8 Å². The Morgan fingerprint density at radius 1 is 1.33 bits per heavy atom. The highest BCUT2D eigenvalue weighted by Crippen LogP contribution is 2.20. The molecule has 1 heterocycles. The van der Waals surface area contributed by atoms with Gasteiger partial charge in [0.15, 0.2) is 5.96 Å². The van der Waals surface area contributed by atoms with E-state index in [-0.39, 0.29) is 18.5 Å². The Morgan fingerprint density at radius 3 is 2.81 bits per heavy atom. The molecule has 144 valence electrons. The molecule has 27 heavy (non-hydrogen) atoms. The Kier molecular flexibility index (Phi) is 6.05. The highest BCUT2D eigenvalue weighted by atomic mass is 16.2. The normalized spacial score (nSPS) is 16.6. The molecule has 2 aromatic rings. The van der Waals surface area contributed by atoms with E-state index >= 15 is 0 Å². The molecule has 0 spiro atoms. The first kappa shape index (κ1) is 18.9. The standard InChI is InChI=1S/C19H27N7O/c1-25(2)18(27)12-21-19(20-11-17-22-13-23-26(17)3)24-16-9-8-14-6-4-5-7-15(14)10-16/h4-7,13,16H,8-12H2,1-3H3,(H2,20,21,24). The lowest BCUT2D eigenvalue weighted by molar-refractivity contribution is -0.127. The average Bonchev–Trinajstić information content (AvgIpc) is 3.08. The minimum absolute atomic E-state index is 0.00264. The van der Waals surface area contributed by atoms with Gasteiger partial charge in [0.1, 0.15) is 18.7 Å². The lowest BCUT2D eigenvalue weighted by Gasteiger charge is -2.27. The number of carbonyl (C=O) groups excluding carboxylic acids is 1. The zero-order chi connectivity index (χ0) is 19.2. The Labute approximate surface area is 159 Å². The topological polar surface area (TPSA) is 87.4 Å². The highest BCUT2D eigenvalue weighted by Gasteiger charge is 2.19. The molecular weight excluding hydrogens is 342 g/mol. The summed E-state index contributed by atoms with van der Waals surface area (Å²) in [4.78, 5) is 22.3. The van der Waals surface area contributed by atoms with Crippen LogP contribution in [0.15, 0.2) is 35.6 Å². The zero-order valence-electron chi connectivity index (χ0n) is 16.1. The van der Waals surface area contributed by atoms with Crippen LogP contribution in [0.2, 0.25) is 0 Å². The van der Waals surface area contributed by atoms with Gasteiger partial charge in [0.25, 0.3) is 0 Å². The third-order valence-electron chi connectivity index (χ3n) is 4.78. The smallest absolute Gasteiger partial charge is 0.241 e. The van der Waals surface area contributed by atoms with Crippen molar-refractivity contribution in [1.29, 1.82) is 0 Å². The molecule has 1 aromatic heterocycles. The summed E-state index contributed by atoms with van der Waals surface area (Å²) >= 11 is 0. The van der Waals surface area contributed by atoms with Gasteiger partial charge in [0, 0.05) is 27.2 Å². The molecule has 8 heteroatoms. The summed E-state index contributed by atoms with van der Waals surface area (Å²) in [5.41, 5.74) is 2.79. The number of hydrogen-bond donors (Lipinski definition) is 2. The van der Waals surface area contributed by atoms with Gasteiger partial charge in [-0.1, -0.05) is 24.3 Å². The molecule has 1 aromatic carbocycles. The maximum Gasteiger partial charge on any atom is 0.241 e. The van der Waals surface area contributed by atoms with E-state index in [0.717, 1.165) is 25.1 Å². The second-order valence-corrected chi connectivity index (χ2v) is 6.96. The summed E-state index contributed by atoms with van der Waals surface area (Å²) in [5, 5.41) is 10.7. The number of aryl methyl sites for hydroxylation is 2. The van der Waals surface area contributed by atoms with Crippen LogP contribution in [0, 0.1) is 0 Å². The number of aromatic nitrogens is 3. The molecule has 1 unspecified atom stereocenters. The number of carbonyl (C=O) groups is 1. The van der Waals surface area contributed by atoms with Gasteiger partial charge < -0.3 is 15.5 Å². The fourth-order valence-electron chi connectivity index (χ4n) is 3.10. The van der Waals surface area contributed by atoms with Gasteiger partial charge in [-0.25, -0.2) is 9.98 Å². The molecule has 0 saturated carbocycles. The molecule has 1 atom stereocenters. The fraction of sp³-hybridized carbons (Fsp3) is 0.474. The van der Waals surface area contributed by atoms with Crippen molar-refractivity contribution >= 4 is 11.9 Å². The molecule has 0 fully saturated rings. The predicted octanol–water partition coefficient (Wildman–Crippen LogP) is 0.496.